The molecule has 0 bridgehead atoms. The first-order chi connectivity index (χ1) is 12.2. The molecule has 0 radical (unpaired) electrons. The third kappa shape index (κ3) is 2.37. The fraction of sp³-hybridized carbons (Fsp3) is 0.350. The Kier molecular flexibility index (Phi) is 3.23. The molecule has 1 aromatic carbocycles. The fourth-order valence-electron chi connectivity index (χ4n) is 4.25. The largest absolute Gasteiger partial charge is 0.358 e. The highest BCUT2D eigenvalue weighted by Crippen LogP contribution is 2.29. The van der Waals surface area contributed by atoms with E-state index in [0.29, 0.717) is 18.8 Å². The molecule has 0 atom stereocenters. The van der Waals surface area contributed by atoms with Gasteiger partial charge in [-0.15, -0.1) is 0 Å². The summed E-state index contributed by atoms with van der Waals surface area (Å²) in [6.45, 7) is 1.21. The minimum Gasteiger partial charge on any atom is -0.358 e. The van der Waals surface area contributed by atoms with Crippen LogP contribution in [0.1, 0.15) is 45.8 Å². The number of amides is 1. The van der Waals surface area contributed by atoms with Gasteiger partial charge in [-0.1, -0.05) is 0 Å². The molecule has 1 aliphatic heterocycles. The molecule has 5 heteroatoms. The first kappa shape index (κ1) is 14.8. The molecule has 5 rings (SSSR count). The molecule has 2 aromatic heterocycles. The molecule has 2 aliphatic rings. The Bertz CT molecular complexity index is 961. The van der Waals surface area contributed by atoms with Crippen molar-refractivity contribution in [3.63, 3.8) is 0 Å². The van der Waals surface area contributed by atoms with Crippen LogP contribution in [0.25, 0.3) is 10.9 Å². The Morgan fingerprint density at radius 3 is 2.80 bits per heavy atom. The number of aromatic amines is 2. The number of carbonyl (C=O) groups excluding carboxylic acids is 1. The second kappa shape index (κ2) is 5.48. The van der Waals surface area contributed by atoms with E-state index >= 15 is 0 Å². The van der Waals surface area contributed by atoms with Gasteiger partial charge in [0.2, 0.25) is 0 Å². The monoisotopic (exact) mass is 337 g/mol. The van der Waals surface area contributed by atoms with E-state index in [2.05, 4.69) is 9.97 Å². The Labute approximate surface area is 145 Å². The van der Waals surface area contributed by atoms with E-state index in [1.165, 1.54) is 30.2 Å². The predicted molar refractivity (Wildman–Crippen MR) is 94.1 cm³/mol. The van der Waals surface area contributed by atoms with E-state index in [-0.39, 0.29) is 11.7 Å². The Morgan fingerprint density at radius 1 is 1.04 bits per heavy atom. The first-order valence-corrected chi connectivity index (χ1v) is 8.98. The van der Waals surface area contributed by atoms with Gasteiger partial charge in [-0.25, -0.2) is 4.39 Å². The number of fused-ring (bicyclic) bond motifs is 4. The maximum Gasteiger partial charge on any atom is 0.270 e. The zero-order chi connectivity index (χ0) is 17.0. The van der Waals surface area contributed by atoms with Crippen LogP contribution in [-0.2, 0) is 25.8 Å². The summed E-state index contributed by atoms with van der Waals surface area (Å²) >= 11 is 0. The number of rotatable bonds is 1. The lowest BCUT2D eigenvalue weighted by Crippen LogP contribution is -2.36. The smallest absolute Gasteiger partial charge is 0.270 e. The number of hydrogen-bond acceptors (Lipinski definition) is 1. The average molecular weight is 337 g/mol. The SMILES string of the molecule is O=C(c1cc2c([nH]1)CCCC2)N1CCc2[nH]c3ccc(F)cc3c2C1. The van der Waals surface area contributed by atoms with Gasteiger partial charge >= 0.3 is 0 Å². The molecule has 1 amide bonds. The molecular formula is C20H20FN3O. The molecule has 4 nitrogen and oxygen atoms in total. The van der Waals surface area contributed by atoms with E-state index in [4.69, 9.17) is 0 Å². The first-order valence-electron chi connectivity index (χ1n) is 8.98. The highest BCUT2D eigenvalue weighted by molar-refractivity contribution is 5.94. The van der Waals surface area contributed by atoms with Crippen LogP contribution in [0.4, 0.5) is 4.39 Å². The summed E-state index contributed by atoms with van der Waals surface area (Å²) in [7, 11) is 0. The van der Waals surface area contributed by atoms with Crippen LogP contribution >= 0.6 is 0 Å². The molecule has 25 heavy (non-hydrogen) atoms. The molecule has 128 valence electrons. The van der Waals surface area contributed by atoms with Crippen molar-refractivity contribution in [2.45, 2.75) is 38.6 Å². The normalized spacial score (nSPS) is 16.8. The van der Waals surface area contributed by atoms with E-state index < -0.39 is 0 Å². The number of halogens is 1. The minimum atomic E-state index is -0.241. The highest BCUT2D eigenvalue weighted by atomic mass is 19.1. The second-order valence-electron chi connectivity index (χ2n) is 7.14. The van der Waals surface area contributed by atoms with Crippen molar-refractivity contribution < 1.29 is 9.18 Å². The van der Waals surface area contributed by atoms with Crippen LogP contribution < -0.4 is 0 Å². The number of benzene rings is 1. The van der Waals surface area contributed by atoms with Crippen LogP contribution in [0.5, 0.6) is 0 Å². The van der Waals surface area contributed by atoms with Gasteiger partial charge in [0, 0.05) is 47.4 Å². The zero-order valence-corrected chi connectivity index (χ0v) is 14.0. The van der Waals surface area contributed by atoms with Gasteiger partial charge in [0.15, 0.2) is 0 Å². The summed E-state index contributed by atoms with van der Waals surface area (Å²) in [5, 5.41) is 0.887. The number of hydrogen-bond donors (Lipinski definition) is 2. The Balaban J connectivity index is 1.46. The van der Waals surface area contributed by atoms with Crippen molar-refractivity contribution in [1.29, 1.82) is 0 Å². The van der Waals surface area contributed by atoms with Gasteiger partial charge in [-0.05, 0) is 55.5 Å². The van der Waals surface area contributed by atoms with Gasteiger partial charge in [0.25, 0.3) is 5.91 Å². The molecule has 0 spiro atoms. The number of nitrogens with one attached hydrogen (secondary N) is 2. The van der Waals surface area contributed by atoms with Gasteiger partial charge in [-0.2, -0.15) is 0 Å². The molecule has 3 heterocycles. The maximum absolute atomic E-state index is 13.6. The van der Waals surface area contributed by atoms with Crippen molar-refractivity contribution in [1.82, 2.24) is 14.9 Å². The highest BCUT2D eigenvalue weighted by Gasteiger charge is 2.26. The fourth-order valence-corrected chi connectivity index (χ4v) is 4.25. The van der Waals surface area contributed by atoms with Crippen LogP contribution in [0.15, 0.2) is 24.3 Å². The molecule has 0 saturated carbocycles. The molecule has 3 aromatic rings. The minimum absolute atomic E-state index is 0.0470. The molecule has 0 unspecified atom stereocenters. The summed E-state index contributed by atoms with van der Waals surface area (Å²) in [5.74, 6) is -0.194. The van der Waals surface area contributed by atoms with Gasteiger partial charge < -0.3 is 14.9 Å². The van der Waals surface area contributed by atoms with E-state index in [1.807, 2.05) is 11.0 Å². The van der Waals surface area contributed by atoms with Crippen LogP contribution in [-0.4, -0.2) is 27.3 Å². The lowest BCUT2D eigenvalue weighted by molar-refractivity contribution is 0.0729. The zero-order valence-electron chi connectivity index (χ0n) is 14.0. The molecule has 1 aliphatic carbocycles. The standard InChI is InChI=1S/C20H20FN3O/c21-13-5-6-17-14(10-13)15-11-24(8-7-18(15)23-17)20(25)19-9-12-3-1-2-4-16(12)22-19/h5-6,9-10,22-23H,1-4,7-8,11H2. The summed E-state index contributed by atoms with van der Waals surface area (Å²) in [6.07, 6.45) is 5.26. The lowest BCUT2D eigenvalue weighted by Gasteiger charge is -2.27. The van der Waals surface area contributed by atoms with Crippen molar-refractivity contribution >= 4 is 16.8 Å². The Hall–Kier alpha value is -2.56. The van der Waals surface area contributed by atoms with Crippen molar-refractivity contribution in [3.05, 3.63) is 58.3 Å². The van der Waals surface area contributed by atoms with Gasteiger partial charge in [-0.3, -0.25) is 4.79 Å². The number of aromatic nitrogens is 2. The third-order valence-electron chi connectivity index (χ3n) is 5.57. The summed E-state index contributed by atoms with van der Waals surface area (Å²) in [5.41, 5.74) is 6.32. The van der Waals surface area contributed by atoms with E-state index in [9.17, 15) is 9.18 Å². The number of H-pyrrole nitrogens is 2. The van der Waals surface area contributed by atoms with Crippen molar-refractivity contribution in [2.75, 3.05) is 6.54 Å². The van der Waals surface area contributed by atoms with Crippen LogP contribution in [0.3, 0.4) is 0 Å². The predicted octanol–water partition coefficient (Wildman–Crippen LogP) is 3.71. The van der Waals surface area contributed by atoms with Crippen LogP contribution in [0, 0.1) is 5.82 Å². The summed E-state index contributed by atoms with van der Waals surface area (Å²) < 4.78 is 13.6. The summed E-state index contributed by atoms with van der Waals surface area (Å²) in [4.78, 5) is 21.5. The van der Waals surface area contributed by atoms with Gasteiger partial charge in [0.05, 0.1) is 0 Å². The molecule has 0 fully saturated rings. The second-order valence-corrected chi connectivity index (χ2v) is 7.14. The van der Waals surface area contributed by atoms with E-state index in [1.54, 1.807) is 12.1 Å². The van der Waals surface area contributed by atoms with Gasteiger partial charge in [0.1, 0.15) is 11.5 Å². The average Bonchev–Trinajstić information content (AvgIpc) is 3.21. The van der Waals surface area contributed by atoms with Crippen molar-refractivity contribution in [2.24, 2.45) is 0 Å². The number of aryl methyl sites for hydroxylation is 2. The van der Waals surface area contributed by atoms with E-state index in [0.717, 1.165) is 41.4 Å². The topological polar surface area (TPSA) is 51.9 Å². The van der Waals surface area contributed by atoms with Crippen LogP contribution in [0.2, 0.25) is 0 Å². The summed E-state index contributed by atoms with van der Waals surface area (Å²) in [6, 6.07) is 6.83. The number of carbonyl (C=O) groups is 1. The lowest BCUT2D eigenvalue weighted by atomic mass is 9.98. The number of nitrogens with zero attached hydrogens (tertiary/aromatic N) is 1. The molecule has 0 saturated heterocycles. The third-order valence-corrected chi connectivity index (χ3v) is 5.57. The quantitative estimate of drug-likeness (QED) is 0.699. The van der Waals surface area contributed by atoms with Crippen molar-refractivity contribution in [3.8, 4) is 0 Å². The molecular weight excluding hydrogens is 317 g/mol. The maximum atomic E-state index is 13.6. The molecule has 2 N–H and O–H groups in total. The Morgan fingerprint density at radius 2 is 1.92 bits per heavy atom.